The van der Waals surface area contributed by atoms with Gasteiger partial charge in [0.25, 0.3) is 6.20 Å². The van der Waals surface area contributed by atoms with E-state index in [9.17, 15) is 0 Å². The second-order valence-electron chi connectivity index (χ2n) is 7.16. The Hall–Kier alpha value is -3.42. The number of para-hydroxylation sites is 2. The highest BCUT2D eigenvalue weighted by molar-refractivity contribution is 6.09. The number of aromatic nitrogens is 1. The van der Waals surface area contributed by atoms with Crippen molar-refractivity contribution in [2.75, 3.05) is 0 Å². The second kappa shape index (κ2) is 6.08. The summed E-state index contributed by atoms with van der Waals surface area (Å²) in [6.45, 7) is 4.33. The molecule has 0 saturated carbocycles. The minimum absolute atomic E-state index is 0.394. The summed E-state index contributed by atoms with van der Waals surface area (Å²) in [5, 5.41) is 2.54. The molecule has 130 valence electrons. The van der Waals surface area contributed by atoms with Gasteiger partial charge in [-0.05, 0) is 38.1 Å². The lowest BCUT2D eigenvalue weighted by Gasteiger charge is -2.07. The maximum atomic E-state index is 3.41. The average Bonchev–Trinajstić information content (AvgIpc) is 3.31. The van der Waals surface area contributed by atoms with Gasteiger partial charge in [-0.3, -0.25) is 0 Å². The first-order valence-corrected chi connectivity index (χ1v) is 9.33. The van der Waals surface area contributed by atoms with Gasteiger partial charge in [0.2, 0.25) is 11.9 Å². The van der Waals surface area contributed by atoms with Crippen molar-refractivity contribution in [2.45, 2.75) is 19.9 Å². The molecule has 0 atom stereocenters. The van der Waals surface area contributed by atoms with Crippen LogP contribution in [0.15, 0.2) is 85.2 Å². The first kappa shape index (κ1) is 15.8. The topological polar surface area (TPSA) is 10.9 Å². The largest absolute Gasteiger partial charge is 0.495 e. The third-order valence-electron chi connectivity index (χ3n) is 5.11. The monoisotopic (exact) mass is 351 g/mol. The Morgan fingerprint density at radius 3 is 2.30 bits per heavy atom. The highest BCUT2D eigenvalue weighted by atomic mass is 15.1. The van der Waals surface area contributed by atoms with Crippen LogP contribution in [0, 0.1) is 0 Å². The van der Waals surface area contributed by atoms with Crippen molar-refractivity contribution < 1.29 is 9.15 Å². The Morgan fingerprint density at radius 2 is 1.52 bits per heavy atom. The van der Waals surface area contributed by atoms with Crippen LogP contribution >= 0.6 is 0 Å². The van der Waals surface area contributed by atoms with Gasteiger partial charge >= 0.3 is 6.01 Å². The zero-order chi connectivity index (χ0) is 18.4. The molecule has 0 fully saturated rings. The smallest absolute Gasteiger partial charge is 0.309 e. The SMILES string of the molecule is CC(C)[N+]1=C=[N+](c2ccc3c4ccccc4n(-c4ccccc4)c3c2)C=C1. The number of fused-ring (bicyclic) bond motifs is 3. The molecule has 0 radical (unpaired) electrons. The zero-order valence-corrected chi connectivity index (χ0v) is 15.5. The molecule has 2 heterocycles. The van der Waals surface area contributed by atoms with Crippen molar-refractivity contribution in [2.24, 2.45) is 0 Å². The maximum absolute atomic E-state index is 3.41. The predicted molar refractivity (Wildman–Crippen MR) is 110 cm³/mol. The van der Waals surface area contributed by atoms with E-state index in [-0.39, 0.29) is 0 Å². The van der Waals surface area contributed by atoms with Gasteiger partial charge in [0, 0.05) is 28.6 Å². The molecule has 0 aliphatic carbocycles. The molecule has 4 aromatic rings. The Labute approximate surface area is 158 Å². The first-order chi connectivity index (χ1) is 13.2. The molecular formula is C24H21N3+2. The van der Waals surface area contributed by atoms with Gasteiger partial charge in [-0.1, -0.05) is 45.5 Å². The fraction of sp³-hybridized carbons (Fsp3) is 0.125. The molecule has 0 unspecified atom stereocenters. The number of hydrogen-bond donors (Lipinski definition) is 0. The molecule has 5 rings (SSSR count). The Bertz CT molecular complexity index is 1270. The van der Waals surface area contributed by atoms with E-state index in [4.69, 9.17) is 0 Å². The molecule has 0 N–H and O–H groups in total. The third-order valence-corrected chi connectivity index (χ3v) is 5.11. The van der Waals surface area contributed by atoms with Crippen LogP contribution in [0.1, 0.15) is 13.8 Å². The summed E-state index contributed by atoms with van der Waals surface area (Å²) in [5.41, 5.74) is 4.72. The number of benzene rings is 3. The summed E-state index contributed by atoms with van der Waals surface area (Å²) in [6, 6.07) is 29.6. The summed E-state index contributed by atoms with van der Waals surface area (Å²) < 4.78 is 6.50. The van der Waals surface area contributed by atoms with E-state index < -0.39 is 0 Å². The normalized spacial score (nSPS) is 13.6. The summed E-state index contributed by atoms with van der Waals surface area (Å²) >= 11 is 0. The van der Waals surface area contributed by atoms with Crippen LogP contribution in [0.4, 0.5) is 5.69 Å². The van der Waals surface area contributed by atoms with Crippen molar-refractivity contribution in [1.82, 2.24) is 4.57 Å². The zero-order valence-electron chi connectivity index (χ0n) is 15.5. The van der Waals surface area contributed by atoms with Crippen molar-refractivity contribution in [3.8, 4) is 5.69 Å². The van der Waals surface area contributed by atoms with Crippen LogP contribution in [-0.2, 0) is 0 Å². The highest BCUT2D eigenvalue weighted by Gasteiger charge is 2.22. The molecule has 3 nitrogen and oxygen atoms in total. The molecule has 0 bridgehead atoms. The third kappa shape index (κ3) is 2.52. The molecule has 3 aromatic carbocycles. The Balaban J connectivity index is 1.82. The lowest BCUT2D eigenvalue weighted by atomic mass is 10.1. The van der Waals surface area contributed by atoms with Gasteiger partial charge in [0.15, 0.2) is 6.04 Å². The van der Waals surface area contributed by atoms with E-state index >= 15 is 0 Å². The number of hydrogen-bond acceptors (Lipinski definition) is 0. The molecular weight excluding hydrogens is 330 g/mol. The average molecular weight is 351 g/mol. The molecule has 0 amide bonds. The molecule has 1 aliphatic rings. The highest BCUT2D eigenvalue weighted by Crippen LogP contribution is 2.34. The lowest BCUT2D eigenvalue weighted by molar-refractivity contribution is -0.491. The standard InChI is InChI=1S/C24H21N3/c1-18(2)25-14-15-26(17-25)20-12-13-22-21-10-6-7-11-23(21)27(24(22)16-20)19-8-4-3-5-9-19/h3-16,18H,1-2H3/q+2. The van der Waals surface area contributed by atoms with Crippen LogP contribution < -0.4 is 0 Å². The van der Waals surface area contributed by atoms with Crippen molar-refractivity contribution in [3.05, 3.63) is 85.2 Å². The van der Waals surface area contributed by atoms with E-state index in [1.807, 2.05) is 0 Å². The first-order valence-electron chi connectivity index (χ1n) is 9.33. The second-order valence-corrected chi connectivity index (χ2v) is 7.16. The summed E-state index contributed by atoms with van der Waals surface area (Å²) in [5.74, 6) is 0. The molecule has 1 aliphatic heterocycles. The molecule has 0 saturated heterocycles. The number of nitrogens with zero attached hydrogens (tertiary/aromatic N) is 3. The van der Waals surface area contributed by atoms with Crippen LogP contribution in [0.25, 0.3) is 27.5 Å². The van der Waals surface area contributed by atoms with Crippen LogP contribution in [-0.4, -0.2) is 25.8 Å². The van der Waals surface area contributed by atoms with E-state index in [2.05, 4.69) is 119 Å². The summed E-state index contributed by atoms with van der Waals surface area (Å²) in [7, 11) is 0. The van der Waals surface area contributed by atoms with Crippen LogP contribution in [0.3, 0.4) is 0 Å². The van der Waals surface area contributed by atoms with E-state index in [0.717, 1.165) is 5.69 Å². The lowest BCUT2D eigenvalue weighted by Crippen LogP contribution is -2.11. The minimum Gasteiger partial charge on any atom is -0.309 e. The van der Waals surface area contributed by atoms with Crippen LogP contribution in [0.2, 0.25) is 0 Å². The number of rotatable bonds is 3. The Morgan fingerprint density at radius 1 is 0.778 bits per heavy atom. The van der Waals surface area contributed by atoms with E-state index in [0.29, 0.717) is 6.04 Å². The molecule has 27 heavy (non-hydrogen) atoms. The van der Waals surface area contributed by atoms with Gasteiger partial charge in [-0.2, -0.15) is 0 Å². The summed E-state index contributed by atoms with van der Waals surface area (Å²) in [6.07, 6.45) is 4.14. The van der Waals surface area contributed by atoms with Crippen molar-refractivity contribution in [1.29, 1.82) is 0 Å². The fourth-order valence-corrected chi connectivity index (χ4v) is 3.72. The Kier molecular flexibility index (Phi) is 3.56. The van der Waals surface area contributed by atoms with Gasteiger partial charge in [-0.15, -0.1) is 0 Å². The molecule has 3 heteroatoms. The van der Waals surface area contributed by atoms with Crippen molar-refractivity contribution >= 4 is 33.5 Å². The molecule has 1 aromatic heterocycles. The van der Waals surface area contributed by atoms with Gasteiger partial charge in [0.1, 0.15) is 0 Å². The van der Waals surface area contributed by atoms with E-state index in [1.54, 1.807) is 0 Å². The summed E-state index contributed by atoms with van der Waals surface area (Å²) in [4.78, 5) is 0. The quantitative estimate of drug-likeness (QED) is 0.431. The minimum atomic E-state index is 0.394. The van der Waals surface area contributed by atoms with Crippen LogP contribution in [0.5, 0.6) is 0 Å². The maximum Gasteiger partial charge on any atom is 0.495 e. The van der Waals surface area contributed by atoms with Gasteiger partial charge in [0.05, 0.1) is 11.0 Å². The fourth-order valence-electron chi connectivity index (χ4n) is 3.72. The van der Waals surface area contributed by atoms with E-state index in [1.165, 1.54) is 27.5 Å². The van der Waals surface area contributed by atoms with Gasteiger partial charge in [-0.25, -0.2) is 0 Å². The predicted octanol–water partition coefficient (Wildman–Crippen LogP) is 5.51. The van der Waals surface area contributed by atoms with Gasteiger partial charge < -0.3 is 4.57 Å². The molecule has 0 spiro atoms. The van der Waals surface area contributed by atoms with Crippen molar-refractivity contribution in [3.63, 3.8) is 0 Å².